The summed E-state index contributed by atoms with van der Waals surface area (Å²) in [5.41, 5.74) is -0.721. The van der Waals surface area contributed by atoms with E-state index < -0.39 is 23.3 Å². The van der Waals surface area contributed by atoms with Crippen LogP contribution in [0.15, 0.2) is 36.4 Å². The van der Waals surface area contributed by atoms with Crippen LogP contribution < -0.4 is 0 Å². The zero-order chi connectivity index (χ0) is 17.9. The van der Waals surface area contributed by atoms with Gasteiger partial charge in [0.2, 0.25) is 0 Å². The van der Waals surface area contributed by atoms with Gasteiger partial charge in [-0.25, -0.2) is 0 Å². The molecule has 1 unspecified atom stereocenters. The predicted molar refractivity (Wildman–Crippen MR) is 88.7 cm³/mol. The number of halogens is 1. The summed E-state index contributed by atoms with van der Waals surface area (Å²) < 4.78 is 9.67. The van der Waals surface area contributed by atoms with E-state index in [-0.39, 0.29) is 12.2 Å². The number of Topliss-reactive ketones (excluding diaryl/α,β-unsaturated/α-hetero) is 1. The van der Waals surface area contributed by atoms with Gasteiger partial charge in [-0.1, -0.05) is 18.2 Å². The molecule has 1 aromatic rings. The van der Waals surface area contributed by atoms with Crippen LogP contribution >= 0.6 is 11.6 Å². The molecule has 24 heavy (non-hydrogen) atoms. The number of benzene rings is 1. The van der Waals surface area contributed by atoms with E-state index in [4.69, 9.17) is 21.1 Å². The van der Waals surface area contributed by atoms with Gasteiger partial charge in [-0.2, -0.15) is 0 Å². The number of rotatable bonds is 5. The Kier molecular flexibility index (Phi) is 5.44. The second kappa shape index (κ2) is 7.18. The third-order valence-corrected chi connectivity index (χ3v) is 4.83. The number of carbonyl (C=O) groups is 3. The molecule has 1 aliphatic carbocycles. The second-order valence-electron chi connectivity index (χ2n) is 5.76. The average Bonchev–Trinajstić information content (AvgIpc) is 2.91. The Bertz CT molecular complexity index is 661. The Morgan fingerprint density at radius 3 is 2.21 bits per heavy atom. The van der Waals surface area contributed by atoms with Crippen molar-refractivity contribution in [3.8, 4) is 0 Å². The molecule has 0 radical (unpaired) electrons. The number of hydrogen-bond acceptors (Lipinski definition) is 5. The number of methoxy groups -OCH3 is 2. The maximum Gasteiger partial charge on any atom is 0.327 e. The highest BCUT2D eigenvalue weighted by molar-refractivity contribution is 6.30. The van der Waals surface area contributed by atoms with Crippen LogP contribution in [0, 0.1) is 11.3 Å². The fourth-order valence-corrected chi connectivity index (χ4v) is 3.44. The second-order valence-corrected chi connectivity index (χ2v) is 6.20. The van der Waals surface area contributed by atoms with Gasteiger partial charge in [-0.05, 0) is 48.6 Å². The van der Waals surface area contributed by atoms with E-state index >= 15 is 0 Å². The normalized spacial score (nSPS) is 19.0. The molecule has 1 aromatic carbocycles. The number of ketones is 1. The van der Waals surface area contributed by atoms with Crippen LogP contribution in [0.3, 0.4) is 0 Å². The van der Waals surface area contributed by atoms with E-state index in [0.717, 1.165) is 0 Å². The first-order valence-electron chi connectivity index (χ1n) is 7.51. The number of hydrogen-bond donors (Lipinski definition) is 0. The summed E-state index contributed by atoms with van der Waals surface area (Å²) >= 11 is 5.83. The third kappa shape index (κ3) is 2.96. The Labute approximate surface area is 145 Å². The van der Waals surface area contributed by atoms with Crippen LogP contribution in [0.5, 0.6) is 0 Å². The molecule has 1 aliphatic rings. The largest absolute Gasteiger partial charge is 0.468 e. The molecule has 6 heteroatoms. The minimum atomic E-state index is -1.62. The first kappa shape index (κ1) is 18.2. The van der Waals surface area contributed by atoms with Crippen molar-refractivity contribution >= 4 is 29.3 Å². The molecule has 1 saturated carbocycles. The summed E-state index contributed by atoms with van der Waals surface area (Å²) in [5, 5.41) is 0.527. The fraction of sp³-hybridized carbons (Fsp3) is 0.389. The highest BCUT2D eigenvalue weighted by Gasteiger charge is 2.59. The van der Waals surface area contributed by atoms with E-state index in [0.29, 0.717) is 29.0 Å². The van der Waals surface area contributed by atoms with Crippen LogP contribution in [-0.4, -0.2) is 31.9 Å². The monoisotopic (exact) mass is 350 g/mol. The van der Waals surface area contributed by atoms with E-state index in [1.165, 1.54) is 14.2 Å². The van der Waals surface area contributed by atoms with Gasteiger partial charge in [0.15, 0.2) is 11.2 Å². The van der Waals surface area contributed by atoms with Crippen LogP contribution in [0.2, 0.25) is 5.02 Å². The van der Waals surface area contributed by atoms with Crippen molar-refractivity contribution in [2.45, 2.75) is 19.3 Å². The Morgan fingerprint density at radius 1 is 1.17 bits per heavy atom. The average molecular weight is 351 g/mol. The van der Waals surface area contributed by atoms with Gasteiger partial charge < -0.3 is 9.47 Å². The summed E-state index contributed by atoms with van der Waals surface area (Å²) in [7, 11) is 2.41. The van der Waals surface area contributed by atoms with E-state index in [2.05, 4.69) is 6.58 Å². The SMILES string of the molecule is C=C1CCC(CC(=O)c2ccc(Cl)cc2)C1(C(=O)OC)C(=O)OC. The molecule has 0 saturated heterocycles. The van der Waals surface area contributed by atoms with E-state index in [1.54, 1.807) is 24.3 Å². The molecule has 1 fully saturated rings. The lowest BCUT2D eigenvalue weighted by Crippen LogP contribution is -2.45. The van der Waals surface area contributed by atoms with Crippen molar-refractivity contribution in [1.29, 1.82) is 0 Å². The van der Waals surface area contributed by atoms with Gasteiger partial charge >= 0.3 is 11.9 Å². The quantitative estimate of drug-likeness (QED) is 0.353. The van der Waals surface area contributed by atoms with Gasteiger partial charge in [-0.3, -0.25) is 14.4 Å². The molecular formula is C18H19ClO5. The Hall–Kier alpha value is -2.14. The molecule has 0 N–H and O–H groups in total. The summed E-state index contributed by atoms with van der Waals surface area (Å²) in [5.74, 6) is -2.19. The predicted octanol–water partition coefficient (Wildman–Crippen LogP) is 3.21. The van der Waals surface area contributed by atoms with Gasteiger partial charge in [0, 0.05) is 17.0 Å². The van der Waals surface area contributed by atoms with Crippen LogP contribution in [0.4, 0.5) is 0 Å². The van der Waals surface area contributed by atoms with Crippen molar-refractivity contribution in [3.05, 3.63) is 47.0 Å². The smallest absolute Gasteiger partial charge is 0.327 e. The van der Waals surface area contributed by atoms with Crippen molar-refractivity contribution in [2.75, 3.05) is 14.2 Å². The summed E-state index contributed by atoms with van der Waals surface area (Å²) in [4.78, 5) is 37.4. The van der Waals surface area contributed by atoms with Crippen LogP contribution in [0.1, 0.15) is 29.6 Å². The third-order valence-electron chi connectivity index (χ3n) is 4.58. The van der Waals surface area contributed by atoms with Crippen molar-refractivity contribution in [2.24, 2.45) is 11.3 Å². The zero-order valence-corrected chi connectivity index (χ0v) is 14.4. The molecule has 0 heterocycles. The van der Waals surface area contributed by atoms with Gasteiger partial charge in [0.1, 0.15) is 0 Å². The highest BCUT2D eigenvalue weighted by atomic mass is 35.5. The zero-order valence-electron chi connectivity index (χ0n) is 13.6. The molecule has 0 aromatic heterocycles. The maximum atomic E-state index is 12.6. The van der Waals surface area contributed by atoms with Crippen molar-refractivity contribution in [1.82, 2.24) is 0 Å². The Morgan fingerprint density at radius 2 is 1.71 bits per heavy atom. The van der Waals surface area contributed by atoms with E-state index in [1.807, 2.05) is 0 Å². The topological polar surface area (TPSA) is 69.7 Å². The minimum Gasteiger partial charge on any atom is -0.468 e. The number of esters is 2. The fourth-order valence-electron chi connectivity index (χ4n) is 3.31. The lowest BCUT2D eigenvalue weighted by atomic mass is 9.73. The van der Waals surface area contributed by atoms with Crippen LogP contribution in [0.25, 0.3) is 0 Å². The lowest BCUT2D eigenvalue weighted by Gasteiger charge is -2.30. The molecule has 0 bridgehead atoms. The van der Waals surface area contributed by atoms with E-state index in [9.17, 15) is 14.4 Å². The summed E-state index contributed by atoms with van der Waals surface area (Å²) in [6, 6.07) is 6.48. The molecule has 1 atom stereocenters. The minimum absolute atomic E-state index is 0.0187. The standard InChI is InChI=1S/C18H19ClO5/c1-11-4-7-13(18(11,16(21)23-2)17(22)24-3)10-15(20)12-5-8-14(19)9-6-12/h5-6,8-9,13H,1,4,7,10H2,2-3H3. The molecule has 0 amide bonds. The molecule has 5 nitrogen and oxygen atoms in total. The molecule has 128 valence electrons. The van der Waals surface area contributed by atoms with Crippen LogP contribution in [-0.2, 0) is 19.1 Å². The Balaban J connectivity index is 2.34. The van der Waals surface area contributed by atoms with Gasteiger partial charge in [0.25, 0.3) is 0 Å². The molecule has 0 spiro atoms. The maximum absolute atomic E-state index is 12.6. The summed E-state index contributed by atoms with van der Waals surface area (Å²) in [6.45, 7) is 3.86. The lowest BCUT2D eigenvalue weighted by molar-refractivity contribution is -0.168. The number of ether oxygens (including phenoxy) is 2. The first-order valence-corrected chi connectivity index (χ1v) is 7.89. The molecule has 2 rings (SSSR count). The van der Waals surface area contributed by atoms with Crippen molar-refractivity contribution in [3.63, 3.8) is 0 Å². The highest BCUT2D eigenvalue weighted by Crippen LogP contribution is 2.50. The molecular weight excluding hydrogens is 332 g/mol. The van der Waals surface area contributed by atoms with Gasteiger partial charge in [0.05, 0.1) is 14.2 Å². The van der Waals surface area contributed by atoms with Crippen molar-refractivity contribution < 1.29 is 23.9 Å². The molecule has 0 aliphatic heterocycles. The summed E-state index contributed by atoms with van der Waals surface area (Å²) in [6.07, 6.45) is 0.968. The number of carbonyl (C=O) groups excluding carboxylic acids is 3. The van der Waals surface area contributed by atoms with Gasteiger partial charge in [-0.15, -0.1) is 0 Å². The first-order chi connectivity index (χ1) is 11.4.